The topological polar surface area (TPSA) is 29.5 Å². The van der Waals surface area contributed by atoms with Crippen LogP contribution in [0.3, 0.4) is 0 Å². The van der Waals surface area contributed by atoms with Gasteiger partial charge in [-0.15, -0.1) is 0 Å². The van der Waals surface area contributed by atoms with E-state index in [1.807, 2.05) is 19.1 Å². The zero-order chi connectivity index (χ0) is 11.0. The Bertz CT molecular complexity index is 252. The average Bonchev–Trinajstić information content (AvgIpc) is 2.16. The van der Waals surface area contributed by atoms with Gasteiger partial charge in [-0.25, -0.2) is 4.79 Å². The highest BCUT2D eigenvalue weighted by Crippen LogP contribution is 2.02. The lowest BCUT2D eigenvalue weighted by molar-refractivity contribution is 0.150. The minimum Gasteiger partial charge on any atom is -0.410 e. The van der Waals surface area contributed by atoms with Crippen molar-refractivity contribution >= 4 is 6.09 Å². The maximum absolute atomic E-state index is 11.1. The molecular weight excluding hydrogens is 178 g/mol. The van der Waals surface area contributed by atoms with Gasteiger partial charge in [0.15, 0.2) is 0 Å². The van der Waals surface area contributed by atoms with Gasteiger partial charge in [-0.3, -0.25) is 0 Å². The van der Waals surface area contributed by atoms with Gasteiger partial charge in [-0.1, -0.05) is 25.7 Å². The Morgan fingerprint density at radius 2 is 2.14 bits per heavy atom. The smallest absolute Gasteiger partial charge is 0.410 e. The van der Waals surface area contributed by atoms with Crippen LogP contribution < -0.4 is 0 Å². The van der Waals surface area contributed by atoms with Crippen molar-refractivity contribution < 1.29 is 9.53 Å². The van der Waals surface area contributed by atoms with Crippen LogP contribution in [0, 0.1) is 0 Å². The van der Waals surface area contributed by atoms with E-state index in [4.69, 9.17) is 4.74 Å². The minimum atomic E-state index is -0.402. The summed E-state index contributed by atoms with van der Waals surface area (Å²) in [5.74, 6) is 0.452. The number of carbonyl (C=O) groups excluding carboxylic acids is 1. The standard InChI is InChI=1S/C11H17NO2/c1-5-7-8-9-10(6-2)14-11(13)12(3)4/h6-9H,2,5H2,1,3-4H3. The van der Waals surface area contributed by atoms with Gasteiger partial charge in [0, 0.05) is 14.1 Å². The van der Waals surface area contributed by atoms with Crippen LogP contribution in [0.5, 0.6) is 0 Å². The lowest BCUT2D eigenvalue weighted by Gasteiger charge is -2.10. The highest BCUT2D eigenvalue weighted by Gasteiger charge is 2.05. The second-order valence-corrected chi connectivity index (χ2v) is 2.87. The summed E-state index contributed by atoms with van der Waals surface area (Å²) in [6.45, 7) is 5.59. The zero-order valence-electron chi connectivity index (χ0n) is 8.99. The Balaban J connectivity index is 4.29. The fourth-order valence-electron chi connectivity index (χ4n) is 0.635. The third-order valence-electron chi connectivity index (χ3n) is 1.40. The Hall–Kier alpha value is -1.51. The molecule has 3 nitrogen and oxygen atoms in total. The maximum Gasteiger partial charge on any atom is 0.414 e. The number of allylic oxidation sites excluding steroid dienone is 4. The summed E-state index contributed by atoms with van der Waals surface area (Å²) >= 11 is 0. The van der Waals surface area contributed by atoms with Crippen LogP contribution in [0.15, 0.2) is 36.6 Å². The molecule has 0 saturated carbocycles. The van der Waals surface area contributed by atoms with E-state index in [1.165, 1.54) is 11.0 Å². The fourth-order valence-corrected chi connectivity index (χ4v) is 0.635. The Labute approximate surface area is 85.4 Å². The van der Waals surface area contributed by atoms with Gasteiger partial charge in [-0.05, 0) is 18.6 Å². The monoisotopic (exact) mass is 195 g/mol. The Kier molecular flexibility index (Phi) is 6.20. The molecule has 0 saturated heterocycles. The van der Waals surface area contributed by atoms with E-state index < -0.39 is 6.09 Å². The third kappa shape index (κ3) is 5.19. The molecule has 0 unspecified atom stereocenters. The molecular formula is C11H17NO2. The summed E-state index contributed by atoms with van der Waals surface area (Å²) in [6.07, 6.45) is 7.55. The first kappa shape index (κ1) is 12.5. The molecule has 0 aliphatic heterocycles. The first-order valence-corrected chi connectivity index (χ1v) is 4.50. The van der Waals surface area contributed by atoms with Crippen LogP contribution in [-0.4, -0.2) is 25.1 Å². The van der Waals surface area contributed by atoms with E-state index in [2.05, 4.69) is 6.58 Å². The van der Waals surface area contributed by atoms with Crippen LogP contribution in [-0.2, 0) is 4.74 Å². The predicted molar refractivity (Wildman–Crippen MR) is 57.9 cm³/mol. The molecule has 0 N–H and O–H groups in total. The van der Waals surface area contributed by atoms with Gasteiger partial charge in [0.25, 0.3) is 0 Å². The van der Waals surface area contributed by atoms with E-state index in [-0.39, 0.29) is 0 Å². The number of hydrogen-bond donors (Lipinski definition) is 0. The first-order chi connectivity index (χ1) is 6.61. The summed E-state index contributed by atoms with van der Waals surface area (Å²) < 4.78 is 4.99. The minimum absolute atomic E-state index is 0.402. The molecule has 0 aromatic rings. The van der Waals surface area contributed by atoms with E-state index in [0.29, 0.717) is 5.76 Å². The zero-order valence-corrected chi connectivity index (χ0v) is 8.99. The van der Waals surface area contributed by atoms with Gasteiger partial charge in [0.05, 0.1) is 0 Å². The van der Waals surface area contributed by atoms with Crippen molar-refractivity contribution in [3.63, 3.8) is 0 Å². The summed E-state index contributed by atoms with van der Waals surface area (Å²) in [5.41, 5.74) is 0. The second-order valence-electron chi connectivity index (χ2n) is 2.87. The van der Waals surface area contributed by atoms with Gasteiger partial charge in [0.1, 0.15) is 5.76 Å². The first-order valence-electron chi connectivity index (χ1n) is 4.50. The highest BCUT2D eigenvalue weighted by molar-refractivity contribution is 5.68. The summed E-state index contributed by atoms with van der Waals surface area (Å²) in [5, 5.41) is 0. The van der Waals surface area contributed by atoms with Gasteiger partial charge < -0.3 is 9.64 Å². The SMILES string of the molecule is C=CC(=CC=CCC)OC(=O)N(C)C. The number of nitrogens with zero attached hydrogens (tertiary/aromatic N) is 1. The normalized spacial score (nSPS) is 11.5. The maximum atomic E-state index is 11.1. The average molecular weight is 195 g/mol. The van der Waals surface area contributed by atoms with Crippen molar-refractivity contribution in [2.24, 2.45) is 0 Å². The molecule has 3 heteroatoms. The molecule has 0 rings (SSSR count). The van der Waals surface area contributed by atoms with Crippen LogP contribution in [0.4, 0.5) is 4.79 Å². The van der Waals surface area contributed by atoms with Crippen molar-refractivity contribution in [2.45, 2.75) is 13.3 Å². The molecule has 0 aromatic carbocycles. The Morgan fingerprint density at radius 3 is 2.57 bits per heavy atom. The van der Waals surface area contributed by atoms with Crippen molar-refractivity contribution in [1.29, 1.82) is 0 Å². The van der Waals surface area contributed by atoms with E-state index in [1.54, 1.807) is 20.2 Å². The molecule has 14 heavy (non-hydrogen) atoms. The van der Waals surface area contributed by atoms with Gasteiger partial charge >= 0.3 is 6.09 Å². The van der Waals surface area contributed by atoms with Crippen molar-refractivity contribution in [3.05, 3.63) is 36.6 Å². The highest BCUT2D eigenvalue weighted by atomic mass is 16.6. The van der Waals surface area contributed by atoms with Gasteiger partial charge in [-0.2, -0.15) is 0 Å². The molecule has 78 valence electrons. The number of carbonyl (C=O) groups is 1. The van der Waals surface area contributed by atoms with Crippen molar-refractivity contribution in [3.8, 4) is 0 Å². The fraction of sp³-hybridized carbons (Fsp3) is 0.364. The summed E-state index contributed by atoms with van der Waals surface area (Å²) in [6, 6.07) is 0. The van der Waals surface area contributed by atoms with E-state index in [0.717, 1.165) is 6.42 Å². The summed E-state index contributed by atoms with van der Waals surface area (Å²) in [7, 11) is 3.26. The van der Waals surface area contributed by atoms with Crippen LogP contribution in [0.2, 0.25) is 0 Å². The van der Waals surface area contributed by atoms with E-state index in [9.17, 15) is 4.79 Å². The summed E-state index contributed by atoms with van der Waals surface area (Å²) in [4.78, 5) is 12.5. The molecule has 1 amide bonds. The number of hydrogen-bond acceptors (Lipinski definition) is 2. The van der Waals surface area contributed by atoms with Gasteiger partial charge in [0.2, 0.25) is 0 Å². The van der Waals surface area contributed by atoms with E-state index >= 15 is 0 Å². The molecule has 0 spiro atoms. The second kappa shape index (κ2) is 6.95. The molecule has 0 heterocycles. The van der Waals surface area contributed by atoms with Crippen LogP contribution >= 0.6 is 0 Å². The molecule has 0 fully saturated rings. The molecule has 0 aliphatic carbocycles. The predicted octanol–water partition coefficient (Wildman–Crippen LogP) is 2.72. The lowest BCUT2D eigenvalue weighted by atomic mass is 10.3. The van der Waals surface area contributed by atoms with Crippen molar-refractivity contribution in [1.82, 2.24) is 4.90 Å². The van der Waals surface area contributed by atoms with Crippen LogP contribution in [0.25, 0.3) is 0 Å². The van der Waals surface area contributed by atoms with Crippen molar-refractivity contribution in [2.75, 3.05) is 14.1 Å². The number of rotatable bonds is 4. The molecule has 0 radical (unpaired) electrons. The number of amides is 1. The third-order valence-corrected chi connectivity index (χ3v) is 1.40. The van der Waals surface area contributed by atoms with Crippen LogP contribution in [0.1, 0.15) is 13.3 Å². The Morgan fingerprint density at radius 1 is 1.50 bits per heavy atom. The molecule has 0 aliphatic rings. The lowest BCUT2D eigenvalue weighted by Crippen LogP contribution is -2.22. The number of ether oxygens (including phenoxy) is 1. The largest absolute Gasteiger partial charge is 0.414 e. The molecule has 0 atom stereocenters. The molecule has 0 aromatic heterocycles. The quantitative estimate of drug-likeness (QED) is 0.510. The molecule has 0 bridgehead atoms.